The second-order valence-corrected chi connectivity index (χ2v) is 6.36. The van der Waals surface area contributed by atoms with E-state index in [1.54, 1.807) is 0 Å². The monoisotopic (exact) mass is 338 g/mol. The zero-order valence-electron chi connectivity index (χ0n) is 14.2. The fourth-order valence-corrected chi connectivity index (χ4v) is 2.58. The maximum absolute atomic E-state index is 12.4. The molecule has 25 heavy (non-hydrogen) atoms. The molecule has 0 saturated heterocycles. The summed E-state index contributed by atoms with van der Waals surface area (Å²) in [6.45, 7) is 5.71. The van der Waals surface area contributed by atoms with Crippen LogP contribution in [0.1, 0.15) is 48.4 Å². The van der Waals surface area contributed by atoms with E-state index in [1.807, 2.05) is 37.3 Å². The molecule has 1 aromatic carbocycles. The average molecular weight is 338 g/mol. The minimum atomic E-state index is -0.294. The standard InChI is InChI=1S/C19H22N4O2/c1-3-18(24)20-11-13-4-6-14(7-5-13)12(2)19(25)21-17-10-16(22-23-17)15-8-9-15/h3-7,10,12,15H,1,8-9,11H2,2H3,(H,20,24)(H2,21,22,23,25)/t12-/m1/s1. The Labute approximate surface area is 146 Å². The van der Waals surface area contributed by atoms with Gasteiger partial charge < -0.3 is 10.6 Å². The van der Waals surface area contributed by atoms with Gasteiger partial charge in [-0.1, -0.05) is 30.8 Å². The minimum Gasteiger partial charge on any atom is -0.348 e. The first kappa shape index (κ1) is 17.0. The van der Waals surface area contributed by atoms with Gasteiger partial charge in [-0.3, -0.25) is 14.7 Å². The Kier molecular flexibility index (Phi) is 4.97. The number of H-pyrrole nitrogens is 1. The Balaban J connectivity index is 1.57. The maximum atomic E-state index is 12.4. The molecule has 1 heterocycles. The van der Waals surface area contributed by atoms with Gasteiger partial charge in [-0.2, -0.15) is 5.10 Å². The smallest absolute Gasteiger partial charge is 0.243 e. The fourth-order valence-electron chi connectivity index (χ4n) is 2.58. The first-order valence-corrected chi connectivity index (χ1v) is 8.42. The van der Waals surface area contributed by atoms with E-state index in [9.17, 15) is 9.59 Å². The van der Waals surface area contributed by atoms with Crippen molar-refractivity contribution in [3.63, 3.8) is 0 Å². The van der Waals surface area contributed by atoms with Gasteiger partial charge in [0.05, 0.1) is 5.92 Å². The molecule has 0 spiro atoms. The first-order chi connectivity index (χ1) is 12.1. The van der Waals surface area contributed by atoms with Gasteiger partial charge in [0.1, 0.15) is 0 Å². The Hall–Kier alpha value is -2.89. The van der Waals surface area contributed by atoms with Gasteiger partial charge in [0.2, 0.25) is 11.8 Å². The lowest BCUT2D eigenvalue weighted by molar-refractivity contribution is -0.117. The number of nitrogens with zero attached hydrogens (tertiary/aromatic N) is 1. The van der Waals surface area contributed by atoms with E-state index in [1.165, 1.54) is 18.9 Å². The van der Waals surface area contributed by atoms with Crippen molar-refractivity contribution in [1.82, 2.24) is 15.5 Å². The van der Waals surface area contributed by atoms with Gasteiger partial charge in [0, 0.05) is 24.2 Å². The van der Waals surface area contributed by atoms with Crippen LogP contribution < -0.4 is 10.6 Å². The van der Waals surface area contributed by atoms with E-state index in [2.05, 4.69) is 27.4 Å². The van der Waals surface area contributed by atoms with Gasteiger partial charge in [0.15, 0.2) is 5.82 Å². The number of carbonyl (C=O) groups excluding carboxylic acids is 2. The van der Waals surface area contributed by atoms with Crippen LogP contribution in [0, 0.1) is 0 Å². The molecule has 130 valence electrons. The Morgan fingerprint density at radius 1 is 1.36 bits per heavy atom. The second kappa shape index (κ2) is 7.34. The molecule has 0 radical (unpaired) electrons. The number of nitrogens with one attached hydrogen (secondary N) is 3. The summed E-state index contributed by atoms with van der Waals surface area (Å²) in [5, 5.41) is 12.7. The van der Waals surface area contributed by atoms with E-state index in [-0.39, 0.29) is 17.7 Å². The van der Waals surface area contributed by atoms with E-state index in [0.29, 0.717) is 18.3 Å². The van der Waals surface area contributed by atoms with Crippen LogP contribution in [0.4, 0.5) is 5.82 Å². The van der Waals surface area contributed by atoms with Crippen molar-refractivity contribution >= 4 is 17.6 Å². The number of rotatable bonds is 7. The summed E-state index contributed by atoms with van der Waals surface area (Å²) in [5.74, 6) is 0.549. The molecular weight excluding hydrogens is 316 g/mol. The van der Waals surface area contributed by atoms with Crippen molar-refractivity contribution < 1.29 is 9.59 Å². The molecule has 2 aromatic rings. The van der Waals surface area contributed by atoms with E-state index >= 15 is 0 Å². The number of hydrogen-bond acceptors (Lipinski definition) is 3. The molecule has 1 aromatic heterocycles. The second-order valence-electron chi connectivity index (χ2n) is 6.36. The lowest BCUT2D eigenvalue weighted by Crippen LogP contribution is -2.20. The highest BCUT2D eigenvalue weighted by Crippen LogP contribution is 2.39. The normalized spacial score (nSPS) is 14.6. The van der Waals surface area contributed by atoms with Crippen LogP contribution in [-0.4, -0.2) is 22.0 Å². The van der Waals surface area contributed by atoms with Crippen LogP contribution in [0.2, 0.25) is 0 Å². The third-order valence-electron chi connectivity index (χ3n) is 4.39. The van der Waals surface area contributed by atoms with Crippen molar-refractivity contribution in [3.05, 3.63) is 59.8 Å². The average Bonchev–Trinajstić information content (AvgIpc) is 3.39. The third kappa shape index (κ3) is 4.35. The Bertz CT molecular complexity index is 775. The molecule has 3 rings (SSSR count). The molecule has 1 saturated carbocycles. The number of carbonyl (C=O) groups is 2. The summed E-state index contributed by atoms with van der Waals surface area (Å²) >= 11 is 0. The lowest BCUT2D eigenvalue weighted by atomic mass is 9.99. The number of aromatic amines is 1. The highest BCUT2D eigenvalue weighted by atomic mass is 16.2. The molecule has 1 atom stereocenters. The largest absolute Gasteiger partial charge is 0.348 e. The van der Waals surface area contributed by atoms with E-state index in [4.69, 9.17) is 0 Å². The molecule has 2 amide bonds. The Morgan fingerprint density at radius 2 is 2.08 bits per heavy atom. The van der Waals surface area contributed by atoms with Crippen molar-refractivity contribution in [2.45, 2.75) is 38.1 Å². The molecular formula is C19H22N4O2. The van der Waals surface area contributed by atoms with Gasteiger partial charge in [-0.05, 0) is 37.0 Å². The Morgan fingerprint density at radius 3 is 2.72 bits per heavy atom. The molecule has 0 aliphatic heterocycles. The summed E-state index contributed by atoms with van der Waals surface area (Å²) in [5.41, 5.74) is 2.97. The van der Waals surface area contributed by atoms with Crippen LogP contribution in [0.15, 0.2) is 43.0 Å². The van der Waals surface area contributed by atoms with Crippen LogP contribution in [0.5, 0.6) is 0 Å². The quantitative estimate of drug-likeness (QED) is 0.679. The summed E-state index contributed by atoms with van der Waals surface area (Å²) in [6, 6.07) is 9.53. The molecule has 1 aliphatic carbocycles. The van der Waals surface area contributed by atoms with Crippen LogP contribution in [0.25, 0.3) is 0 Å². The van der Waals surface area contributed by atoms with E-state index < -0.39 is 0 Å². The van der Waals surface area contributed by atoms with Crippen LogP contribution >= 0.6 is 0 Å². The van der Waals surface area contributed by atoms with Crippen LogP contribution in [0.3, 0.4) is 0 Å². The molecule has 6 nitrogen and oxygen atoms in total. The van der Waals surface area contributed by atoms with Crippen molar-refractivity contribution in [1.29, 1.82) is 0 Å². The lowest BCUT2D eigenvalue weighted by Gasteiger charge is -2.12. The summed E-state index contributed by atoms with van der Waals surface area (Å²) < 4.78 is 0. The molecule has 0 unspecified atom stereocenters. The van der Waals surface area contributed by atoms with Gasteiger partial charge in [-0.15, -0.1) is 0 Å². The number of aromatic nitrogens is 2. The number of amides is 2. The predicted octanol–water partition coefficient (Wildman–Crippen LogP) is 2.83. The summed E-state index contributed by atoms with van der Waals surface area (Å²) in [6.07, 6.45) is 3.61. The van der Waals surface area contributed by atoms with Crippen molar-refractivity contribution in [3.8, 4) is 0 Å². The van der Waals surface area contributed by atoms with Gasteiger partial charge >= 0.3 is 0 Å². The number of benzene rings is 1. The topological polar surface area (TPSA) is 86.9 Å². The molecule has 6 heteroatoms. The summed E-state index contributed by atoms with van der Waals surface area (Å²) in [7, 11) is 0. The molecule has 0 bridgehead atoms. The molecule has 3 N–H and O–H groups in total. The highest BCUT2D eigenvalue weighted by molar-refractivity contribution is 5.94. The third-order valence-corrected chi connectivity index (χ3v) is 4.39. The predicted molar refractivity (Wildman–Crippen MR) is 96.1 cm³/mol. The van der Waals surface area contributed by atoms with Crippen molar-refractivity contribution in [2.75, 3.05) is 5.32 Å². The van der Waals surface area contributed by atoms with Crippen molar-refractivity contribution in [2.24, 2.45) is 0 Å². The van der Waals surface area contributed by atoms with Gasteiger partial charge in [-0.25, -0.2) is 0 Å². The van der Waals surface area contributed by atoms with Gasteiger partial charge in [0.25, 0.3) is 0 Å². The SMILES string of the molecule is C=CC(=O)NCc1ccc([C@@H](C)C(=O)Nc2cc(C3CC3)[nH]n2)cc1. The highest BCUT2D eigenvalue weighted by Gasteiger charge is 2.26. The minimum absolute atomic E-state index is 0.0958. The van der Waals surface area contributed by atoms with Crippen LogP contribution in [-0.2, 0) is 16.1 Å². The molecule has 1 aliphatic rings. The molecule has 1 fully saturated rings. The number of hydrogen-bond donors (Lipinski definition) is 3. The zero-order valence-corrected chi connectivity index (χ0v) is 14.2. The fraction of sp³-hybridized carbons (Fsp3) is 0.316. The first-order valence-electron chi connectivity index (χ1n) is 8.42. The maximum Gasteiger partial charge on any atom is 0.243 e. The van der Waals surface area contributed by atoms with E-state index in [0.717, 1.165) is 16.8 Å². The summed E-state index contributed by atoms with van der Waals surface area (Å²) in [4.78, 5) is 23.6. The number of anilines is 1. The zero-order chi connectivity index (χ0) is 17.8.